The third-order valence-electron chi connectivity index (χ3n) is 2.31. The summed E-state index contributed by atoms with van der Waals surface area (Å²) in [6.07, 6.45) is -3.14. The Morgan fingerprint density at radius 1 is 1.30 bits per heavy atom. The van der Waals surface area contributed by atoms with Gasteiger partial charge in [0.25, 0.3) is 5.91 Å². The van der Waals surface area contributed by atoms with Crippen LogP contribution in [0.2, 0.25) is 0 Å². The van der Waals surface area contributed by atoms with Gasteiger partial charge in [-0.05, 0) is 24.3 Å². The van der Waals surface area contributed by atoms with Crippen LogP contribution >= 0.6 is 11.3 Å². The second-order valence-corrected chi connectivity index (χ2v) is 4.70. The maximum Gasteiger partial charge on any atom is 0.416 e. The molecule has 1 aromatic heterocycles. The normalized spacial score (nSPS) is 10.9. The van der Waals surface area contributed by atoms with Gasteiger partial charge < -0.3 is 0 Å². The van der Waals surface area contributed by atoms with Crippen LogP contribution in [0, 0.1) is 11.3 Å². The number of rotatable bonds is 2. The summed E-state index contributed by atoms with van der Waals surface area (Å²) in [5, 5.41) is 11.2. The third kappa shape index (κ3) is 3.13. The molecule has 0 saturated heterocycles. The molecule has 0 bridgehead atoms. The first kappa shape index (κ1) is 14.0. The molecular formula is C12H6F3N3OS. The number of amides is 1. The molecule has 0 radical (unpaired) electrons. The van der Waals surface area contributed by atoms with E-state index in [9.17, 15) is 18.0 Å². The molecule has 1 N–H and O–H groups in total. The van der Waals surface area contributed by atoms with Gasteiger partial charge in [-0.2, -0.15) is 18.4 Å². The van der Waals surface area contributed by atoms with E-state index in [4.69, 9.17) is 5.26 Å². The molecule has 0 saturated carbocycles. The fraction of sp³-hybridized carbons (Fsp3) is 0.0833. The van der Waals surface area contributed by atoms with Gasteiger partial charge in [0.1, 0.15) is 10.9 Å². The van der Waals surface area contributed by atoms with Crippen molar-refractivity contribution in [3.63, 3.8) is 0 Å². The highest BCUT2D eigenvalue weighted by molar-refractivity contribution is 7.16. The first-order valence-electron chi connectivity index (χ1n) is 5.24. The number of benzene rings is 1. The van der Waals surface area contributed by atoms with Gasteiger partial charge in [0, 0.05) is 5.56 Å². The summed E-state index contributed by atoms with van der Waals surface area (Å²) in [6, 6.07) is 5.69. The summed E-state index contributed by atoms with van der Waals surface area (Å²) >= 11 is 0.979. The summed E-state index contributed by atoms with van der Waals surface area (Å²) in [4.78, 5) is 15.9. The first-order chi connectivity index (χ1) is 9.40. The van der Waals surface area contributed by atoms with E-state index in [2.05, 4.69) is 10.3 Å². The number of anilines is 1. The number of hydrogen-bond donors (Lipinski definition) is 1. The minimum Gasteiger partial charge on any atom is -0.298 e. The van der Waals surface area contributed by atoms with Gasteiger partial charge in [-0.25, -0.2) is 4.98 Å². The smallest absolute Gasteiger partial charge is 0.298 e. The van der Waals surface area contributed by atoms with Crippen LogP contribution in [0.4, 0.5) is 18.3 Å². The van der Waals surface area contributed by atoms with Crippen LogP contribution in [0.1, 0.15) is 20.8 Å². The lowest BCUT2D eigenvalue weighted by atomic mass is 10.1. The fourth-order valence-electron chi connectivity index (χ4n) is 1.36. The number of nitrogens with zero attached hydrogens (tertiary/aromatic N) is 2. The lowest BCUT2D eigenvalue weighted by Crippen LogP contribution is -2.12. The zero-order valence-electron chi connectivity index (χ0n) is 9.73. The summed E-state index contributed by atoms with van der Waals surface area (Å²) in [6.45, 7) is 0. The molecule has 1 aromatic carbocycles. The number of hydrogen-bond acceptors (Lipinski definition) is 4. The van der Waals surface area contributed by atoms with Crippen LogP contribution in [-0.2, 0) is 6.18 Å². The summed E-state index contributed by atoms with van der Waals surface area (Å²) in [5.41, 5.74) is -0.748. The number of aromatic nitrogens is 1. The van der Waals surface area contributed by atoms with Crippen molar-refractivity contribution in [2.24, 2.45) is 0 Å². The molecular weight excluding hydrogens is 291 g/mol. The molecule has 1 amide bonds. The highest BCUT2D eigenvalue weighted by Crippen LogP contribution is 2.29. The summed E-state index contributed by atoms with van der Waals surface area (Å²) in [5.74, 6) is -0.586. The summed E-state index contributed by atoms with van der Waals surface area (Å²) < 4.78 is 37.1. The lowest BCUT2D eigenvalue weighted by molar-refractivity contribution is -0.137. The van der Waals surface area contributed by atoms with Crippen LogP contribution in [-0.4, -0.2) is 10.9 Å². The Kier molecular flexibility index (Phi) is 3.72. The quantitative estimate of drug-likeness (QED) is 0.925. The number of halogens is 3. The van der Waals surface area contributed by atoms with Crippen molar-refractivity contribution in [3.05, 3.63) is 46.5 Å². The van der Waals surface area contributed by atoms with E-state index >= 15 is 0 Å². The minimum atomic E-state index is -4.44. The predicted octanol–water partition coefficient (Wildman–Crippen LogP) is 3.29. The molecule has 0 aliphatic heterocycles. The van der Waals surface area contributed by atoms with Gasteiger partial charge in [0.15, 0.2) is 5.13 Å². The number of carbonyl (C=O) groups is 1. The van der Waals surface area contributed by atoms with Gasteiger partial charge in [-0.3, -0.25) is 10.1 Å². The first-order valence-corrected chi connectivity index (χ1v) is 6.06. The zero-order chi connectivity index (χ0) is 14.8. The number of thiazole rings is 1. The molecule has 1 heterocycles. The molecule has 0 aliphatic rings. The number of nitrogens with one attached hydrogen (secondary N) is 1. The highest BCUT2D eigenvalue weighted by Gasteiger charge is 2.30. The van der Waals surface area contributed by atoms with Crippen molar-refractivity contribution >= 4 is 22.4 Å². The van der Waals surface area contributed by atoms with E-state index in [-0.39, 0.29) is 10.7 Å². The highest BCUT2D eigenvalue weighted by atomic mass is 32.1. The Morgan fingerprint density at radius 2 is 1.95 bits per heavy atom. The Morgan fingerprint density at radius 3 is 2.45 bits per heavy atom. The zero-order valence-corrected chi connectivity index (χ0v) is 10.5. The van der Waals surface area contributed by atoms with Gasteiger partial charge in [-0.15, -0.1) is 0 Å². The molecule has 8 heteroatoms. The Hall–Kier alpha value is -2.40. The van der Waals surface area contributed by atoms with Crippen LogP contribution in [0.3, 0.4) is 0 Å². The monoisotopic (exact) mass is 297 g/mol. The van der Waals surface area contributed by atoms with Crippen LogP contribution in [0.25, 0.3) is 0 Å². The van der Waals surface area contributed by atoms with Crippen molar-refractivity contribution in [1.82, 2.24) is 4.98 Å². The van der Waals surface area contributed by atoms with E-state index in [1.54, 1.807) is 0 Å². The third-order valence-corrected chi connectivity index (χ3v) is 3.13. The fourth-order valence-corrected chi connectivity index (χ4v) is 1.97. The maximum atomic E-state index is 12.4. The van der Waals surface area contributed by atoms with Crippen molar-refractivity contribution in [2.45, 2.75) is 6.18 Å². The van der Waals surface area contributed by atoms with E-state index in [1.165, 1.54) is 6.20 Å². The number of alkyl halides is 3. The Labute approximate surface area is 115 Å². The average Bonchev–Trinajstić information content (AvgIpc) is 2.85. The number of carbonyl (C=O) groups excluding carboxylic acids is 1. The Balaban J connectivity index is 2.12. The largest absolute Gasteiger partial charge is 0.416 e. The van der Waals surface area contributed by atoms with Crippen molar-refractivity contribution in [1.29, 1.82) is 5.26 Å². The van der Waals surface area contributed by atoms with Crippen molar-refractivity contribution in [2.75, 3.05) is 5.32 Å². The van der Waals surface area contributed by atoms with Crippen LogP contribution in [0.15, 0.2) is 30.5 Å². The van der Waals surface area contributed by atoms with Crippen molar-refractivity contribution in [3.8, 4) is 6.07 Å². The molecule has 4 nitrogen and oxygen atoms in total. The van der Waals surface area contributed by atoms with E-state index < -0.39 is 17.6 Å². The SMILES string of the molecule is N#Cc1cnc(NC(=O)c2ccc(C(F)(F)F)cc2)s1. The molecule has 0 spiro atoms. The number of nitriles is 1. The molecule has 0 fully saturated rings. The Bertz CT molecular complexity index is 670. The molecule has 2 rings (SSSR count). The van der Waals surface area contributed by atoms with Gasteiger partial charge in [0.05, 0.1) is 11.8 Å². The molecule has 20 heavy (non-hydrogen) atoms. The maximum absolute atomic E-state index is 12.4. The molecule has 0 unspecified atom stereocenters. The molecule has 0 atom stereocenters. The topological polar surface area (TPSA) is 65.8 Å². The standard InChI is InChI=1S/C12H6F3N3OS/c13-12(14,15)8-3-1-7(2-4-8)10(19)18-11-17-6-9(5-16)20-11/h1-4,6H,(H,17,18,19). The molecule has 2 aromatic rings. The molecule has 0 aliphatic carbocycles. The minimum absolute atomic E-state index is 0.0757. The summed E-state index contributed by atoms with van der Waals surface area (Å²) in [7, 11) is 0. The lowest BCUT2D eigenvalue weighted by Gasteiger charge is -2.07. The second-order valence-electron chi connectivity index (χ2n) is 3.67. The second kappa shape index (κ2) is 5.30. The average molecular weight is 297 g/mol. The van der Waals surface area contributed by atoms with E-state index in [0.29, 0.717) is 4.88 Å². The van der Waals surface area contributed by atoms with Gasteiger partial charge in [-0.1, -0.05) is 11.3 Å². The molecule has 102 valence electrons. The van der Waals surface area contributed by atoms with Crippen LogP contribution in [0.5, 0.6) is 0 Å². The van der Waals surface area contributed by atoms with Crippen LogP contribution < -0.4 is 5.32 Å². The van der Waals surface area contributed by atoms with Gasteiger partial charge in [0.2, 0.25) is 0 Å². The predicted molar refractivity (Wildman–Crippen MR) is 66.2 cm³/mol. The van der Waals surface area contributed by atoms with Crippen molar-refractivity contribution < 1.29 is 18.0 Å². The van der Waals surface area contributed by atoms with E-state index in [0.717, 1.165) is 35.6 Å². The van der Waals surface area contributed by atoms with E-state index in [1.807, 2.05) is 6.07 Å². The van der Waals surface area contributed by atoms with Gasteiger partial charge >= 0.3 is 6.18 Å².